The lowest BCUT2D eigenvalue weighted by molar-refractivity contribution is 0.0597. The highest BCUT2D eigenvalue weighted by Crippen LogP contribution is 2.21. The molecule has 1 aromatic rings. The van der Waals surface area contributed by atoms with Crippen molar-refractivity contribution in [2.45, 2.75) is 6.92 Å². The summed E-state index contributed by atoms with van der Waals surface area (Å²) in [5.74, 6) is 5.42. The van der Waals surface area contributed by atoms with E-state index in [0.717, 1.165) is 0 Å². The topological polar surface area (TPSA) is 76.0 Å². The lowest BCUT2D eigenvalue weighted by Gasteiger charge is -2.13. The molecule has 0 aliphatic carbocycles. The first-order valence-electron chi connectivity index (χ1n) is 6.57. The van der Waals surface area contributed by atoms with E-state index >= 15 is 0 Å². The van der Waals surface area contributed by atoms with Crippen LogP contribution >= 0.6 is 0 Å². The van der Waals surface area contributed by atoms with Gasteiger partial charge in [-0.05, 0) is 18.2 Å². The van der Waals surface area contributed by atoms with Crippen molar-refractivity contribution in [2.75, 3.05) is 27.4 Å². The first-order chi connectivity index (χ1) is 10.1. The Morgan fingerprint density at radius 1 is 1.29 bits per heavy atom. The molecule has 1 unspecified atom stereocenters. The molecule has 1 atom stereocenters. The third-order valence-electron chi connectivity index (χ3n) is 3.23. The summed E-state index contributed by atoms with van der Waals surface area (Å²) in [5.41, 5.74) is 1.02. The Bertz CT molecular complexity index is 537. The van der Waals surface area contributed by atoms with Crippen molar-refractivity contribution in [1.82, 2.24) is 0 Å². The summed E-state index contributed by atoms with van der Waals surface area (Å²) in [6.45, 7) is 1.61. The lowest BCUT2D eigenvalue weighted by Crippen LogP contribution is -2.18. The zero-order chi connectivity index (χ0) is 15.8. The largest absolute Gasteiger partial charge is 0.496 e. The Kier molecular flexibility index (Phi) is 6.73. The molecule has 0 aliphatic heterocycles. The zero-order valence-electron chi connectivity index (χ0n) is 12.4. The van der Waals surface area contributed by atoms with Gasteiger partial charge in [0.15, 0.2) is 0 Å². The minimum atomic E-state index is -0.472. The highest BCUT2D eigenvalue weighted by Gasteiger charge is 2.14. The van der Waals surface area contributed by atoms with E-state index in [1.165, 1.54) is 14.2 Å². The van der Waals surface area contributed by atoms with Crippen LogP contribution in [0.3, 0.4) is 0 Å². The van der Waals surface area contributed by atoms with Gasteiger partial charge in [0.05, 0.1) is 14.2 Å². The van der Waals surface area contributed by atoms with Crippen molar-refractivity contribution in [1.29, 1.82) is 0 Å². The number of benzene rings is 1. The molecule has 2 N–H and O–H groups in total. The van der Waals surface area contributed by atoms with E-state index < -0.39 is 5.97 Å². The zero-order valence-corrected chi connectivity index (χ0v) is 12.4. The van der Waals surface area contributed by atoms with Crippen LogP contribution in [0.1, 0.15) is 22.8 Å². The Morgan fingerprint density at radius 2 is 1.95 bits per heavy atom. The van der Waals surface area contributed by atoms with E-state index in [2.05, 4.69) is 16.6 Å². The van der Waals surface area contributed by atoms with Gasteiger partial charge < -0.3 is 19.7 Å². The van der Waals surface area contributed by atoms with Crippen LogP contribution in [-0.4, -0.2) is 43.6 Å². The molecule has 0 saturated carbocycles. The van der Waals surface area contributed by atoms with E-state index in [4.69, 9.17) is 14.9 Å². The Morgan fingerprint density at radius 3 is 2.48 bits per heavy atom. The molecule has 114 valence electrons. The molecule has 0 saturated heterocycles. The number of carbonyl (C=O) groups is 1. The second-order valence-corrected chi connectivity index (χ2v) is 4.59. The summed E-state index contributed by atoms with van der Waals surface area (Å²) in [5, 5.41) is 18.2. The fourth-order valence-corrected chi connectivity index (χ4v) is 1.74. The van der Waals surface area contributed by atoms with Crippen LogP contribution in [0, 0.1) is 23.7 Å². The van der Waals surface area contributed by atoms with Gasteiger partial charge >= 0.3 is 5.97 Å². The Labute approximate surface area is 124 Å². The summed E-state index contributed by atoms with van der Waals surface area (Å²) in [4.78, 5) is 11.5. The van der Waals surface area contributed by atoms with Gasteiger partial charge in [-0.1, -0.05) is 18.8 Å². The fourth-order valence-electron chi connectivity index (χ4n) is 1.74. The van der Waals surface area contributed by atoms with Gasteiger partial charge in [0.2, 0.25) is 0 Å². The van der Waals surface area contributed by atoms with Crippen LogP contribution in [-0.2, 0) is 4.74 Å². The summed E-state index contributed by atoms with van der Waals surface area (Å²) in [7, 11) is 2.77. The van der Waals surface area contributed by atoms with Crippen LogP contribution in [0.5, 0.6) is 5.75 Å². The average molecular weight is 292 g/mol. The molecule has 0 spiro atoms. The van der Waals surface area contributed by atoms with Gasteiger partial charge in [-0.3, -0.25) is 0 Å². The second kappa shape index (κ2) is 8.30. The van der Waals surface area contributed by atoms with Gasteiger partial charge in [-0.2, -0.15) is 0 Å². The molecule has 1 rings (SSSR count). The van der Waals surface area contributed by atoms with Gasteiger partial charge in [0.25, 0.3) is 0 Å². The van der Waals surface area contributed by atoms with Crippen molar-refractivity contribution in [3.05, 3.63) is 29.3 Å². The quantitative estimate of drug-likeness (QED) is 0.627. The number of aliphatic hydroxyl groups is 2. The summed E-state index contributed by atoms with van der Waals surface area (Å²) < 4.78 is 9.82. The van der Waals surface area contributed by atoms with Gasteiger partial charge in [0.1, 0.15) is 11.3 Å². The molecule has 0 heterocycles. The Balaban J connectivity index is 2.99. The molecule has 0 aliphatic rings. The van der Waals surface area contributed by atoms with Crippen LogP contribution in [0.4, 0.5) is 0 Å². The summed E-state index contributed by atoms with van der Waals surface area (Å²) in [6, 6.07) is 4.94. The molecule has 5 heteroatoms. The van der Waals surface area contributed by atoms with Crippen LogP contribution in [0.2, 0.25) is 0 Å². The van der Waals surface area contributed by atoms with Crippen molar-refractivity contribution in [3.63, 3.8) is 0 Å². The molecule has 21 heavy (non-hydrogen) atoms. The predicted molar refractivity (Wildman–Crippen MR) is 78.0 cm³/mol. The molecule has 0 bridgehead atoms. The van der Waals surface area contributed by atoms with Crippen LogP contribution in [0.15, 0.2) is 18.2 Å². The number of methoxy groups -OCH3 is 2. The maximum Gasteiger partial charge on any atom is 0.341 e. The Hall–Kier alpha value is -2.03. The van der Waals surface area contributed by atoms with E-state index in [1.807, 2.05) is 6.92 Å². The van der Waals surface area contributed by atoms with Crippen molar-refractivity contribution >= 4 is 5.97 Å². The molecule has 1 aromatic carbocycles. The minimum absolute atomic E-state index is 0.114. The third kappa shape index (κ3) is 4.48. The highest BCUT2D eigenvalue weighted by atomic mass is 16.5. The molecule has 0 amide bonds. The molecule has 0 radical (unpaired) electrons. The molecular weight excluding hydrogens is 272 g/mol. The smallest absolute Gasteiger partial charge is 0.341 e. The lowest BCUT2D eigenvalue weighted by atomic mass is 9.96. The highest BCUT2D eigenvalue weighted by molar-refractivity contribution is 5.92. The fraction of sp³-hybridized carbons (Fsp3) is 0.438. The standard InChI is InChI=1S/C16H20O5/c1-11(13(9-17)10-18)4-5-12-6-7-14(16(19)21-3)15(8-12)20-2/h6-8,11,13,17-18H,9-10H2,1-3H3. The number of hydrogen-bond donors (Lipinski definition) is 2. The van der Waals surface area contributed by atoms with E-state index in [-0.39, 0.29) is 25.0 Å². The second-order valence-electron chi connectivity index (χ2n) is 4.59. The molecule has 0 aromatic heterocycles. The first-order valence-corrected chi connectivity index (χ1v) is 6.57. The van der Waals surface area contributed by atoms with Gasteiger partial charge in [-0.25, -0.2) is 4.79 Å². The SMILES string of the molecule is COC(=O)c1ccc(C#CC(C)C(CO)CO)cc1OC. The number of esters is 1. The van der Waals surface area contributed by atoms with E-state index in [0.29, 0.717) is 16.9 Å². The van der Waals surface area contributed by atoms with Gasteiger partial charge in [0, 0.05) is 30.6 Å². The molecule has 5 nitrogen and oxygen atoms in total. The number of hydrogen-bond acceptors (Lipinski definition) is 5. The van der Waals surface area contributed by atoms with E-state index in [1.54, 1.807) is 18.2 Å². The molecule has 0 fully saturated rings. The summed E-state index contributed by atoms with van der Waals surface area (Å²) >= 11 is 0. The average Bonchev–Trinajstić information content (AvgIpc) is 2.52. The number of rotatable bonds is 5. The monoisotopic (exact) mass is 292 g/mol. The maximum absolute atomic E-state index is 11.5. The molecular formula is C16H20O5. The first kappa shape index (κ1) is 17.0. The number of carbonyl (C=O) groups excluding carboxylic acids is 1. The van der Waals surface area contributed by atoms with Crippen LogP contribution in [0.25, 0.3) is 0 Å². The predicted octanol–water partition coefficient (Wildman–Crippen LogP) is 1.07. The minimum Gasteiger partial charge on any atom is -0.496 e. The van der Waals surface area contributed by atoms with Crippen molar-refractivity contribution < 1.29 is 24.5 Å². The van der Waals surface area contributed by atoms with E-state index in [9.17, 15) is 4.79 Å². The number of aliphatic hydroxyl groups excluding tert-OH is 2. The third-order valence-corrected chi connectivity index (χ3v) is 3.23. The normalized spacial score (nSPS) is 11.5. The van der Waals surface area contributed by atoms with Crippen molar-refractivity contribution in [3.8, 4) is 17.6 Å². The maximum atomic E-state index is 11.5. The van der Waals surface area contributed by atoms with Crippen LogP contribution < -0.4 is 4.74 Å². The van der Waals surface area contributed by atoms with Crippen molar-refractivity contribution in [2.24, 2.45) is 11.8 Å². The summed E-state index contributed by atoms with van der Waals surface area (Å²) in [6.07, 6.45) is 0. The van der Waals surface area contributed by atoms with Gasteiger partial charge in [-0.15, -0.1) is 0 Å². The number of ether oxygens (including phenoxy) is 2.